The Morgan fingerprint density at radius 1 is 1.38 bits per heavy atom. The maximum absolute atomic E-state index is 12.3. The Bertz CT molecular complexity index is 763. The number of carbonyl (C=O) groups excluding carboxylic acids is 1. The number of hydrogen-bond acceptors (Lipinski definition) is 4. The second-order valence-electron chi connectivity index (χ2n) is 6.08. The van der Waals surface area contributed by atoms with E-state index in [1.165, 1.54) is 22.9 Å². The van der Waals surface area contributed by atoms with Crippen molar-refractivity contribution in [2.75, 3.05) is 5.75 Å². The molecule has 1 N–H and O–H groups in total. The molecule has 3 rings (SSSR count). The maximum Gasteiger partial charge on any atom is 0.230 e. The van der Waals surface area contributed by atoms with Crippen molar-refractivity contribution < 1.29 is 4.79 Å². The third-order valence-corrected chi connectivity index (χ3v) is 4.99. The normalized spacial score (nSPS) is 14.7. The van der Waals surface area contributed by atoms with Crippen LogP contribution in [0.4, 0.5) is 0 Å². The van der Waals surface area contributed by atoms with Crippen LogP contribution in [0.2, 0.25) is 0 Å². The van der Waals surface area contributed by atoms with Crippen molar-refractivity contribution in [3.05, 3.63) is 59.3 Å². The van der Waals surface area contributed by atoms with Gasteiger partial charge in [-0.3, -0.25) is 4.79 Å². The number of nitrogens with zero attached hydrogens (tertiary/aromatic N) is 2. The van der Waals surface area contributed by atoms with E-state index in [1.54, 1.807) is 18.3 Å². The molecule has 1 atom stereocenters. The van der Waals surface area contributed by atoms with Gasteiger partial charge in [0.25, 0.3) is 0 Å². The number of pyridine rings is 1. The molecule has 1 fully saturated rings. The lowest BCUT2D eigenvalue weighted by atomic mass is 10.0. The Kier molecular flexibility index (Phi) is 5.17. The van der Waals surface area contributed by atoms with Crippen molar-refractivity contribution >= 4 is 17.7 Å². The summed E-state index contributed by atoms with van der Waals surface area (Å²) in [4.78, 5) is 16.5. The lowest BCUT2D eigenvalue weighted by Gasteiger charge is -2.19. The van der Waals surface area contributed by atoms with Crippen LogP contribution in [0.25, 0.3) is 0 Å². The Morgan fingerprint density at radius 2 is 2.12 bits per heavy atom. The Balaban J connectivity index is 1.60. The molecule has 5 heteroatoms. The van der Waals surface area contributed by atoms with E-state index >= 15 is 0 Å². The molecule has 1 aliphatic rings. The molecule has 24 heavy (non-hydrogen) atoms. The monoisotopic (exact) mass is 337 g/mol. The molecule has 0 saturated heterocycles. The Morgan fingerprint density at radius 3 is 2.79 bits per heavy atom. The molecule has 122 valence electrons. The predicted octanol–water partition coefficient (Wildman–Crippen LogP) is 3.62. The molecular weight excluding hydrogens is 318 g/mol. The van der Waals surface area contributed by atoms with Gasteiger partial charge in [0.2, 0.25) is 5.91 Å². The second kappa shape index (κ2) is 7.50. The second-order valence-corrected chi connectivity index (χ2v) is 7.07. The zero-order valence-corrected chi connectivity index (χ0v) is 14.3. The van der Waals surface area contributed by atoms with Crippen LogP contribution in [0.1, 0.15) is 35.6 Å². The summed E-state index contributed by atoms with van der Waals surface area (Å²) in [5.41, 5.74) is 2.95. The summed E-state index contributed by atoms with van der Waals surface area (Å²) in [5.74, 6) is 0.847. The van der Waals surface area contributed by atoms with E-state index < -0.39 is 0 Å². The first-order chi connectivity index (χ1) is 11.7. The average Bonchev–Trinajstić information content (AvgIpc) is 3.44. The molecule has 0 spiro atoms. The van der Waals surface area contributed by atoms with Crippen LogP contribution >= 0.6 is 11.8 Å². The molecule has 4 nitrogen and oxygen atoms in total. The molecular formula is C19H19N3OS. The molecule has 0 bridgehead atoms. The lowest BCUT2D eigenvalue weighted by molar-refractivity contribution is -0.119. The standard InChI is InChI=1S/C19H19N3OS/c1-13-2-4-15(5-3-13)19(16-6-7-16)22-17(23)12-24-18-10-14(11-20)8-9-21-18/h2-5,8-10,16,19H,6-7,12H2,1H3,(H,22,23)/t19-/m0/s1. The van der Waals surface area contributed by atoms with Gasteiger partial charge >= 0.3 is 0 Å². The van der Waals surface area contributed by atoms with Crippen LogP contribution in [0.5, 0.6) is 0 Å². The summed E-state index contributed by atoms with van der Waals surface area (Å²) < 4.78 is 0. The minimum absolute atomic E-state index is 0.00151. The predicted molar refractivity (Wildman–Crippen MR) is 94.5 cm³/mol. The highest BCUT2D eigenvalue weighted by Crippen LogP contribution is 2.41. The summed E-state index contributed by atoms with van der Waals surface area (Å²) in [6, 6.07) is 13.9. The van der Waals surface area contributed by atoms with Crippen molar-refractivity contribution in [1.29, 1.82) is 5.26 Å². The molecule has 1 amide bonds. The fourth-order valence-corrected chi connectivity index (χ4v) is 3.30. The number of nitrogens with one attached hydrogen (secondary N) is 1. The summed E-state index contributed by atoms with van der Waals surface area (Å²) in [5, 5.41) is 12.8. The highest BCUT2D eigenvalue weighted by molar-refractivity contribution is 7.99. The lowest BCUT2D eigenvalue weighted by Crippen LogP contribution is -2.31. The SMILES string of the molecule is Cc1ccc([C@H](NC(=O)CSc2cc(C#N)ccn2)C2CC2)cc1. The van der Waals surface area contributed by atoms with Crippen molar-refractivity contribution in [2.24, 2.45) is 5.92 Å². The molecule has 1 aliphatic carbocycles. The van der Waals surface area contributed by atoms with E-state index in [0.717, 1.165) is 12.8 Å². The number of aromatic nitrogens is 1. The van der Waals surface area contributed by atoms with E-state index in [9.17, 15) is 4.79 Å². The van der Waals surface area contributed by atoms with Crippen LogP contribution in [0, 0.1) is 24.2 Å². The first kappa shape index (κ1) is 16.5. The third kappa shape index (κ3) is 4.36. The summed E-state index contributed by atoms with van der Waals surface area (Å²) in [6.07, 6.45) is 3.92. The van der Waals surface area contributed by atoms with Crippen LogP contribution in [-0.2, 0) is 4.79 Å². The van der Waals surface area contributed by atoms with Crippen LogP contribution in [-0.4, -0.2) is 16.6 Å². The molecule has 1 heterocycles. The minimum Gasteiger partial charge on any atom is -0.348 e. The highest BCUT2D eigenvalue weighted by atomic mass is 32.2. The van der Waals surface area contributed by atoms with Crippen molar-refractivity contribution in [3.8, 4) is 6.07 Å². The number of rotatable bonds is 6. The van der Waals surface area contributed by atoms with Gasteiger partial charge in [-0.25, -0.2) is 4.98 Å². The number of hydrogen-bond donors (Lipinski definition) is 1. The summed E-state index contributed by atoms with van der Waals surface area (Å²) >= 11 is 1.36. The minimum atomic E-state index is 0.00151. The zero-order chi connectivity index (χ0) is 16.9. The van der Waals surface area contributed by atoms with E-state index in [-0.39, 0.29) is 11.9 Å². The molecule has 1 aromatic heterocycles. The van der Waals surface area contributed by atoms with Crippen LogP contribution in [0.15, 0.2) is 47.6 Å². The van der Waals surface area contributed by atoms with Gasteiger partial charge < -0.3 is 5.32 Å². The van der Waals surface area contributed by atoms with Gasteiger partial charge in [0.1, 0.15) is 0 Å². The number of benzene rings is 1. The van der Waals surface area contributed by atoms with E-state index in [1.807, 2.05) is 0 Å². The first-order valence-electron chi connectivity index (χ1n) is 8.00. The Hall–Kier alpha value is -2.32. The van der Waals surface area contributed by atoms with E-state index in [0.29, 0.717) is 22.3 Å². The average molecular weight is 337 g/mol. The summed E-state index contributed by atoms with van der Waals surface area (Å²) in [7, 11) is 0. The molecule has 0 radical (unpaired) electrons. The van der Waals surface area contributed by atoms with Gasteiger partial charge in [-0.05, 0) is 43.4 Å². The molecule has 2 aromatic rings. The molecule has 1 saturated carbocycles. The van der Waals surface area contributed by atoms with Gasteiger partial charge in [-0.1, -0.05) is 41.6 Å². The third-order valence-electron chi connectivity index (χ3n) is 4.06. The largest absolute Gasteiger partial charge is 0.348 e. The number of aryl methyl sites for hydroxylation is 1. The first-order valence-corrected chi connectivity index (χ1v) is 8.99. The van der Waals surface area contributed by atoms with Crippen molar-refractivity contribution in [3.63, 3.8) is 0 Å². The number of thioether (sulfide) groups is 1. The van der Waals surface area contributed by atoms with Gasteiger partial charge in [-0.2, -0.15) is 5.26 Å². The van der Waals surface area contributed by atoms with Crippen LogP contribution < -0.4 is 5.32 Å². The maximum atomic E-state index is 12.3. The highest BCUT2D eigenvalue weighted by Gasteiger charge is 2.33. The zero-order valence-electron chi connectivity index (χ0n) is 13.5. The molecule has 0 aliphatic heterocycles. The molecule has 1 aromatic carbocycles. The topological polar surface area (TPSA) is 65.8 Å². The van der Waals surface area contributed by atoms with Gasteiger partial charge in [0, 0.05) is 6.20 Å². The van der Waals surface area contributed by atoms with E-state index in [4.69, 9.17) is 5.26 Å². The fourth-order valence-electron chi connectivity index (χ4n) is 2.59. The Labute approximate surface area is 146 Å². The number of carbonyl (C=O) groups is 1. The van der Waals surface area contributed by atoms with Crippen LogP contribution in [0.3, 0.4) is 0 Å². The summed E-state index contributed by atoms with van der Waals surface area (Å²) in [6.45, 7) is 2.06. The quantitative estimate of drug-likeness (QED) is 0.818. The fraction of sp³-hybridized carbons (Fsp3) is 0.316. The smallest absolute Gasteiger partial charge is 0.230 e. The van der Waals surface area contributed by atoms with Crippen molar-refractivity contribution in [1.82, 2.24) is 10.3 Å². The van der Waals surface area contributed by atoms with Crippen molar-refractivity contribution in [2.45, 2.75) is 30.8 Å². The van der Waals surface area contributed by atoms with Gasteiger partial charge in [0.15, 0.2) is 0 Å². The number of amides is 1. The van der Waals surface area contributed by atoms with Gasteiger partial charge in [0.05, 0.1) is 28.5 Å². The molecule has 0 unspecified atom stereocenters. The van der Waals surface area contributed by atoms with E-state index in [2.05, 4.69) is 47.6 Å². The van der Waals surface area contributed by atoms with Gasteiger partial charge in [-0.15, -0.1) is 0 Å². The number of nitriles is 1.